The summed E-state index contributed by atoms with van der Waals surface area (Å²) < 4.78 is 49.8. The van der Waals surface area contributed by atoms with Crippen molar-refractivity contribution < 1.29 is 32.2 Å². The summed E-state index contributed by atoms with van der Waals surface area (Å²) in [7, 11) is 0. The summed E-state index contributed by atoms with van der Waals surface area (Å²) in [5.41, 5.74) is 2.91. The summed E-state index contributed by atoms with van der Waals surface area (Å²) in [5.74, 6) is 0.384. The predicted molar refractivity (Wildman–Crippen MR) is 145 cm³/mol. The van der Waals surface area contributed by atoms with Crippen LogP contribution in [0.3, 0.4) is 0 Å². The topological polar surface area (TPSA) is 83.7 Å². The van der Waals surface area contributed by atoms with E-state index in [1.165, 1.54) is 6.07 Å². The summed E-state index contributed by atoms with van der Waals surface area (Å²) >= 11 is 0. The lowest BCUT2D eigenvalue weighted by molar-refractivity contribution is -0.137. The molecule has 4 aromatic rings. The minimum absolute atomic E-state index is 0.0955. The summed E-state index contributed by atoms with van der Waals surface area (Å²) in [4.78, 5) is 31.3. The van der Waals surface area contributed by atoms with Gasteiger partial charge in [-0.15, -0.1) is 0 Å². The van der Waals surface area contributed by atoms with Gasteiger partial charge in [0.1, 0.15) is 18.1 Å². The number of nitrogens with zero attached hydrogens (tertiary/aromatic N) is 1. The van der Waals surface area contributed by atoms with E-state index in [9.17, 15) is 22.8 Å². The van der Waals surface area contributed by atoms with Crippen LogP contribution in [0.5, 0.6) is 11.5 Å². The molecule has 0 saturated carbocycles. The van der Waals surface area contributed by atoms with Gasteiger partial charge in [0.15, 0.2) is 5.78 Å². The van der Waals surface area contributed by atoms with E-state index >= 15 is 0 Å². The first kappa shape index (κ1) is 27.3. The molecule has 1 aromatic heterocycles. The molecule has 5 rings (SSSR count). The van der Waals surface area contributed by atoms with E-state index in [2.05, 4.69) is 29.0 Å². The standard InChI is InChI=1S/C30H28F3N3O4/c1-3-36(4-2)12-13-39-21-9-11-23-18(14-21)15-26-27(28(23)37)24-10-8-20(17-25(24)35-26)34-29(38)40-22-7-5-6-19(16-22)30(31,32)33/h5-11,14,16-17,35H,3-4,12-13,15H2,1-2H3,(H,34,38). The van der Waals surface area contributed by atoms with Crippen LogP contribution in [-0.2, 0) is 12.6 Å². The smallest absolute Gasteiger partial charge is 0.417 e. The molecular weight excluding hydrogens is 523 g/mol. The second kappa shape index (κ2) is 11.1. The number of rotatable bonds is 8. The van der Waals surface area contributed by atoms with Crippen molar-refractivity contribution in [3.05, 3.63) is 88.6 Å². The zero-order valence-corrected chi connectivity index (χ0v) is 22.0. The number of nitrogens with one attached hydrogen (secondary N) is 2. The Morgan fingerprint density at radius 1 is 1.02 bits per heavy atom. The molecule has 40 heavy (non-hydrogen) atoms. The Morgan fingerprint density at radius 3 is 2.58 bits per heavy atom. The third-order valence-electron chi connectivity index (χ3n) is 6.98. The fraction of sp³-hybridized carbons (Fsp3) is 0.267. The summed E-state index contributed by atoms with van der Waals surface area (Å²) in [6.07, 6.45) is -4.98. The van der Waals surface area contributed by atoms with Gasteiger partial charge in [-0.2, -0.15) is 13.2 Å². The van der Waals surface area contributed by atoms with Crippen molar-refractivity contribution in [1.29, 1.82) is 0 Å². The largest absolute Gasteiger partial charge is 0.492 e. The van der Waals surface area contributed by atoms with Crippen LogP contribution in [-0.4, -0.2) is 48.0 Å². The molecule has 7 nitrogen and oxygen atoms in total. The van der Waals surface area contributed by atoms with Crippen molar-refractivity contribution in [3.63, 3.8) is 0 Å². The maximum Gasteiger partial charge on any atom is 0.417 e. The highest BCUT2D eigenvalue weighted by Crippen LogP contribution is 2.35. The second-order valence-electron chi connectivity index (χ2n) is 9.48. The summed E-state index contributed by atoms with van der Waals surface area (Å²) in [5, 5.41) is 3.24. The van der Waals surface area contributed by atoms with Gasteiger partial charge in [0, 0.05) is 40.8 Å². The van der Waals surface area contributed by atoms with Crippen molar-refractivity contribution in [1.82, 2.24) is 9.88 Å². The number of aromatic nitrogens is 1. The Kier molecular flexibility index (Phi) is 7.53. The number of aromatic amines is 1. The fourth-order valence-corrected chi connectivity index (χ4v) is 4.89. The van der Waals surface area contributed by atoms with Crippen molar-refractivity contribution in [3.8, 4) is 11.5 Å². The van der Waals surface area contributed by atoms with E-state index in [0.29, 0.717) is 46.5 Å². The van der Waals surface area contributed by atoms with Gasteiger partial charge in [0.2, 0.25) is 0 Å². The Bertz CT molecular complexity index is 1570. The zero-order chi connectivity index (χ0) is 28.4. The van der Waals surface area contributed by atoms with Crippen LogP contribution in [0.1, 0.15) is 46.6 Å². The Morgan fingerprint density at radius 2 is 1.82 bits per heavy atom. The maximum absolute atomic E-state index is 13.4. The number of hydrogen-bond donors (Lipinski definition) is 2. The number of alkyl halides is 3. The Balaban J connectivity index is 1.30. The van der Waals surface area contributed by atoms with Gasteiger partial charge in [0.05, 0.1) is 11.1 Å². The zero-order valence-electron chi connectivity index (χ0n) is 22.0. The highest BCUT2D eigenvalue weighted by atomic mass is 19.4. The number of likely N-dealkylation sites (N-methyl/N-ethyl adjacent to an activating group) is 1. The van der Waals surface area contributed by atoms with Crippen LogP contribution in [0.15, 0.2) is 60.7 Å². The predicted octanol–water partition coefficient (Wildman–Crippen LogP) is 6.65. The molecule has 0 spiro atoms. The number of H-pyrrole nitrogens is 1. The molecule has 1 heterocycles. The van der Waals surface area contributed by atoms with E-state index in [4.69, 9.17) is 9.47 Å². The highest BCUT2D eigenvalue weighted by Gasteiger charge is 2.31. The minimum Gasteiger partial charge on any atom is -0.492 e. The first-order valence-corrected chi connectivity index (χ1v) is 13.0. The van der Waals surface area contributed by atoms with Gasteiger partial charge in [0.25, 0.3) is 0 Å². The number of carbonyl (C=O) groups excluding carboxylic acids is 2. The summed E-state index contributed by atoms with van der Waals surface area (Å²) in [6, 6.07) is 14.6. The lowest BCUT2D eigenvalue weighted by atomic mass is 9.87. The minimum atomic E-state index is -4.55. The van der Waals surface area contributed by atoms with Crippen LogP contribution in [0.25, 0.3) is 10.9 Å². The molecule has 0 radical (unpaired) electrons. The first-order valence-electron chi connectivity index (χ1n) is 13.0. The molecule has 0 saturated heterocycles. The average molecular weight is 552 g/mol. The lowest BCUT2D eigenvalue weighted by Crippen LogP contribution is -2.27. The third-order valence-corrected chi connectivity index (χ3v) is 6.98. The van der Waals surface area contributed by atoms with Crippen molar-refractivity contribution in [2.24, 2.45) is 0 Å². The van der Waals surface area contributed by atoms with Crippen LogP contribution in [0, 0.1) is 0 Å². The SMILES string of the molecule is CCN(CC)CCOc1ccc2c(c1)Cc1[nH]c3cc(NC(=O)Oc4cccc(C(F)(F)F)c4)ccc3c1C2=O. The number of ketones is 1. The molecule has 3 aromatic carbocycles. The molecule has 10 heteroatoms. The molecule has 0 unspecified atom stereocenters. The van der Waals surface area contributed by atoms with Gasteiger partial charge >= 0.3 is 12.3 Å². The first-order chi connectivity index (χ1) is 19.2. The van der Waals surface area contributed by atoms with E-state index in [1.54, 1.807) is 24.3 Å². The molecular formula is C30H28F3N3O4. The molecule has 1 aliphatic carbocycles. The van der Waals surface area contributed by atoms with Gasteiger partial charge in [-0.25, -0.2) is 4.79 Å². The number of anilines is 1. The fourth-order valence-electron chi connectivity index (χ4n) is 4.89. The van der Waals surface area contributed by atoms with Gasteiger partial charge in [-0.05, 0) is 67.2 Å². The van der Waals surface area contributed by atoms with Crippen molar-refractivity contribution in [2.45, 2.75) is 26.4 Å². The number of ether oxygens (including phenoxy) is 2. The lowest BCUT2D eigenvalue weighted by Gasteiger charge is -2.19. The molecule has 0 fully saturated rings. The normalized spacial score (nSPS) is 12.8. The molecule has 0 aliphatic heterocycles. The second-order valence-corrected chi connectivity index (χ2v) is 9.48. The molecule has 0 bridgehead atoms. The van der Waals surface area contributed by atoms with E-state index in [0.717, 1.165) is 49.1 Å². The van der Waals surface area contributed by atoms with Crippen molar-refractivity contribution in [2.75, 3.05) is 31.6 Å². The molecule has 1 aliphatic rings. The monoisotopic (exact) mass is 551 g/mol. The van der Waals surface area contributed by atoms with Crippen molar-refractivity contribution >= 4 is 28.5 Å². The Labute approximate surface area is 228 Å². The number of hydrogen-bond acceptors (Lipinski definition) is 5. The van der Waals surface area contributed by atoms with E-state index in [1.807, 2.05) is 12.1 Å². The number of carbonyl (C=O) groups is 2. The Hall–Kier alpha value is -4.31. The molecule has 208 valence electrons. The van der Waals surface area contributed by atoms with Gasteiger partial charge < -0.3 is 19.4 Å². The van der Waals surface area contributed by atoms with Gasteiger partial charge in [-0.3, -0.25) is 10.1 Å². The number of fused-ring (bicyclic) bond motifs is 4. The maximum atomic E-state index is 13.4. The van der Waals surface area contributed by atoms with Crippen LogP contribution in [0.4, 0.5) is 23.7 Å². The third kappa shape index (κ3) is 5.67. The van der Waals surface area contributed by atoms with Crippen LogP contribution >= 0.6 is 0 Å². The molecule has 2 N–H and O–H groups in total. The summed E-state index contributed by atoms with van der Waals surface area (Å²) in [6.45, 7) is 7.50. The van der Waals surface area contributed by atoms with Crippen LogP contribution < -0.4 is 14.8 Å². The quantitative estimate of drug-likeness (QED) is 0.226. The van der Waals surface area contributed by atoms with E-state index < -0.39 is 17.8 Å². The average Bonchev–Trinajstić information content (AvgIpc) is 3.28. The number of benzene rings is 3. The number of amides is 1. The van der Waals surface area contributed by atoms with Crippen LogP contribution in [0.2, 0.25) is 0 Å². The molecule has 1 amide bonds. The van der Waals surface area contributed by atoms with E-state index in [-0.39, 0.29) is 11.5 Å². The number of halogens is 3. The molecule has 0 atom stereocenters. The highest BCUT2D eigenvalue weighted by molar-refractivity contribution is 6.19. The van der Waals surface area contributed by atoms with Gasteiger partial charge in [-0.1, -0.05) is 26.0 Å².